The molecule has 10 heteroatoms. The van der Waals surface area contributed by atoms with Crippen LogP contribution in [-0.4, -0.2) is 35.3 Å². The SMILES string of the molecule is COC(=O)Cc1ccc([C@H](C)NC(=O)c2c(C)nn3c2N(Cc2ccc(C(F)(F)F)cc2)CC3)cc1. The maximum atomic E-state index is 13.3. The molecule has 36 heavy (non-hydrogen) atoms. The van der Waals surface area contributed by atoms with Crippen molar-refractivity contribution in [2.45, 2.75) is 45.6 Å². The molecule has 2 heterocycles. The number of anilines is 1. The largest absolute Gasteiger partial charge is 0.469 e. The molecule has 0 spiro atoms. The first-order valence-corrected chi connectivity index (χ1v) is 11.5. The fourth-order valence-corrected chi connectivity index (χ4v) is 4.32. The highest BCUT2D eigenvalue weighted by Crippen LogP contribution is 2.32. The van der Waals surface area contributed by atoms with Gasteiger partial charge in [0.05, 0.1) is 37.4 Å². The maximum absolute atomic E-state index is 13.3. The number of hydrogen-bond donors (Lipinski definition) is 1. The maximum Gasteiger partial charge on any atom is 0.416 e. The molecular formula is C26H27F3N4O3. The van der Waals surface area contributed by atoms with Gasteiger partial charge in [0.15, 0.2) is 0 Å². The number of amides is 1. The number of benzene rings is 2. The number of methoxy groups -OCH3 is 1. The molecule has 0 unspecified atom stereocenters. The number of aromatic nitrogens is 2. The van der Waals surface area contributed by atoms with E-state index in [4.69, 9.17) is 0 Å². The minimum Gasteiger partial charge on any atom is -0.469 e. The van der Waals surface area contributed by atoms with Crippen LogP contribution in [0, 0.1) is 6.92 Å². The lowest BCUT2D eigenvalue weighted by Crippen LogP contribution is -2.29. The zero-order valence-corrected chi connectivity index (χ0v) is 20.2. The Hall–Kier alpha value is -3.82. The van der Waals surface area contributed by atoms with E-state index < -0.39 is 11.7 Å². The van der Waals surface area contributed by atoms with Crippen molar-refractivity contribution in [1.82, 2.24) is 15.1 Å². The van der Waals surface area contributed by atoms with E-state index in [1.807, 2.05) is 36.1 Å². The first kappa shape index (κ1) is 25.3. The number of hydrogen-bond acceptors (Lipinski definition) is 5. The second kappa shape index (κ2) is 10.0. The quantitative estimate of drug-likeness (QED) is 0.486. The lowest BCUT2D eigenvalue weighted by molar-refractivity contribution is -0.140. The van der Waals surface area contributed by atoms with Gasteiger partial charge in [-0.1, -0.05) is 36.4 Å². The molecule has 1 aliphatic heterocycles. The van der Waals surface area contributed by atoms with Crippen LogP contribution in [0.25, 0.3) is 0 Å². The number of fused-ring (bicyclic) bond motifs is 1. The Bertz CT molecular complexity index is 1250. The van der Waals surface area contributed by atoms with Crippen LogP contribution in [0.4, 0.5) is 19.0 Å². The Morgan fingerprint density at radius 2 is 1.69 bits per heavy atom. The number of alkyl halides is 3. The van der Waals surface area contributed by atoms with E-state index in [1.165, 1.54) is 19.2 Å². The molecule has 1 N–H and O–H groups in total. The summed E-state index contributed by atoms with van der Waals surface area (Å²) < 4.78 is 45.1. The molecule has 0 saturated carbocycles. The highest BCUT2D eigenvalue weighted by atomic mass is 19.4. The molecule has 1 amide bonds. The molecule has 0 bridgehead atoms. The van der Waals surface area contributed by atoms with Gasteiger partial charge in [0.1, 0.15) is 11.4 Å². The van der Waals surface area contributed by atoms with E-state index in [9.17, 15) is 22.8 Å². The van der Waals surface area contributed by atoms with Crippen molar-refractivity contribution in [1.29, 1.82) is 0 Å². The summed E-state index contributed by atoms with van der Waals surface area (Å²) in [5.74, 6) is 0.0558. The molecule has 4 rings (SSSR count). The Labute approximate surface area is 206 Å². The lowest BCUT2D eigenvalue weighted by atomic mass is 10.0. The van der Waals surface area contributed by atoms with E-state index in [2.05, 4.69) is 15.2 Å². The summed E-state index contributed by atoms with van der Waals surface area (Å²) in [5.41, 5.74) is 2.74. The third kappa shape index (κ3) is 5.37. The average Bonchev–Trinajstić information content (AvgIpc) is 3.37. The van der Waals surface area contributed by atoms with Gasteiger partial charge in [0.25, 0.3) is 5.91 Å². The fraction of sp³-hybridized carbons (Fsp3) is 0.346. The summed E-state index contributed by atoms with van der Waals surface area (Å²) in [6.45, 7) is 5.18. The Balaban J connectivity index is 1.48. The highest BCUT2D eigenvalue weighted by molar-refractivity contribution is 6.00. The van der Waals surface area contributed by atoms with Crippen LogP contribution < -0.4 is 10.2 Å². The van der Waals surface area contributed by atoms with Crippen molar-refractivity contribution in [2.75, 3.05) is 18.6 Å². The van der Waals surface area contributed by atoms with Gasteiger partial charge in [-0.05, 0) is 42.7 Å². The standard InChI is InChI=1S/C26H27F3N4O3/c1-16(20-8-4-18(5-9-20)14-22(34)36-3)30-24(35)23-17(2)31-33-13-12-32(25(23)33)15-19-6-10-21(11-7-19)26(27,28)29/h4-11,16H,12-15H2,1-3H3,(H,30,35)/t16-/m0/s1. The Morgan fingerprint density at radius 3 is 2.31 bits per heavy atom. The Morgan fingerprint density at radius 1 is 1.06 bits per heavy atom. The number of carbonyl (C=O) groups is 2. The third-order valence-electron chi connectivity index (χ3n) is 6.27. The number of ether oxygens (including phenoxy) is 1. The van der Waals surface area contributed by atoms with Gasteiger partial charge >= 0.3 is 12.1 Å². The van der Waals surface area contributed by atoms with Crippen molar-refractivity contribution >= 4 is 17.7 Å². The number of aryl methyl sites for hydroxylation is 1. The second-order valence-electron chi connectivity index (χ2n) is 8.81. The van der Waals surface area contributed by atoms with Crippen LogP contribution in [0.3, 0.4) is 0 Å². The van der Waals surface area contributed by atoms with Crippen LogP contribution in [0.15, 0.2) is 48.5 Å². The van der Waals surface area contributed by atoms with Crippen molar-refractivity contribution < 1.29 is 27.5 Å². The molecular weight excluding hydrogens is 473 g/mol. The monoisotopic (exact) mass is 500 g/mol. The van der Waals surface area contributed by atoms with E-state index in [1.54, 1.807) is 11.6 Å². The smallest absolute Gasteiger partial charge is 0.416 e. The molecule has 7 nitrogen and oxygen atoms in total. The molecule has 1 aromatic heterocycles. The summed E-state index contributed by atoms with van der Waals surface area (Å²) in [6.07, 6.45) is -4.21. The van der Waals surface area contributed by atoms with Crippen molar-refractivity contribution in [3.05, 3.63) is 82.0 Å². The molecule has 0 aliphatic carbocycles. The molecule has 0 radical (unpaired) electrons. The summed E-state index contributed by atoms with van der Waals surface area (Å²) in [6, 6.07) is 12.1. The molecule has 2 aromatic carbocycles. The number of nitrogens with zero attached hydrogens (tertiary/aromatic N) is 3. The highest BCUT2D eigenvalue weighted by Gasteiger charge is 2.32. The van der Waals surface area contributed by atoms with Gasteiger partial charge < -0.3 is 15.0 Å². The van der Waals surface area contributed by atoms with Crippen LogP contribution in [0.1, 0.15) is 51.3 Å². The van der Waals surface area contributed by atoms with E-state index in [0.717, 1.165) is 23.3 Å². The molecule has 0 fully saturated rings. The minimum atomic E-state index is -4.38. The number of rotatable bonds is 7. The second-order valence-corrected chi connectivity index (χ2v) is 8.81. The van der Waals surface area contributed by atoms with E-state index >= 15 is 0 Å². The zero-order chi connectivity index (χ0) is 26.0. The summed E-state index contributed by atoms with van der Waals surface area (Å²) >= 11 is 0. The molecule has 190 valence electrons. The summed E-state index contributed by atoms with van der Waals surface area (Å²) in [4.78, 5) is 26.7. The van der Waals surface area contributed by atoms with Gasteiger partial charge in [-0.25, -0.2) is 4.68 Å². The molecule has 1 atom stereocenters. The fourth-order valence-electron chi connectivity index (χ4n) is 4.32. The van der Waals surface area contributed by atoms with Gasteiger partial charge in [-0.2, -0.15) is 18.3 Å². The first-order valence-electron chi connectivity index (χ1n) is 11.5. The van der Waals surface area contributed by atoms with Gasteiger partial charge in [0.2, 0.25) is 0 Å². The zero-order valence-electron chi connectivity index (χ0n) is 20.2. The predicted molar refractivity (Wildman–Crippen MR) is 128 cm³/mol. The van der Waals surface area contributed by atoms with Gasteiger partial charge in [-0.3, -0.25) is 9.59 Å². The number of halogens is 3. The molecule has 0 saturated heterocycles. The van der Waals surface area contributed by atoms with Crippen molar-refractivity contribution in [2.24, 2.45) is 0 Å². The van der Waals surface area contributed by atoms with Gasteiger partial charge in [-0.15, -0.1) is 0 Å². The van der Waals surface area contributed by atoms with Crippen LogP contribution in [-0.2, 0) is 35.2 Å². The Kier molecular flexibility index (Phi) is 7.05. The number of esters is 1. The summed E-state index contributed by atoms with van der Waals surface area (Å²) in [5, 5.41) is 7.51. The van der Waals surface area contributed by atoms with Crippen molar-refractivity contribution in [3.63, 3.8) is 0 Å². The summed E-state index contributed by atoms with van der Waals surface area (Å²) in [7, 11) is 1.34. The molecule has 3 aromatic rings. The topological polar surface area (TPSA) is 76.5 Å². The van der Waals surface area contributed by atoms with E-state index in [0.29, 0.717) is 42.3 Å². The van der Waals surface area contributed by atoms with Crippen LogP contribution in [0.5, 0.6) is 0 Å². The van der Waals surface area contributed by atoms with Gasteiger partial charge in [0, 0.05) is 13.1 Å². The average molecular weight is 501 g/mol. The van der Waals surface area contributed by atoms with E-state index in [-0.39, 0.29) is 24.3 Å². The molecule has 1 aliphatic rings. The van der Waals surface area contributed by atoms with Crippen LogP contribution in [0.2, 0.25) is 0 Å². The number of nitrogens with one attached hydrogen (secondary N) is 1. The normalized spacial score (nSPS) is 13.9. The minimum absolute atomic E-state index is 0.175. The first-order chi connectivity index (χ1) is 17.1. The third-order valence-corrected chi connectivity index (χ3v) is 6.27. The van der Waals surface area contributed by atoms with Crippen LogP contribution >= 0.6 is 0 Å². The number of carbonyl (C=O) groups excluding carboxylic acids is 2. The van der Waals surface area contributed by atoms with Crippen molar-refractivity contribution in [3.8, 4) is 0 Å². The predicted octanol–water partition coefficient (Wildman–Crippen LogP) is 4.44. The lowest BCUT2D eigenvalue weighted by Gasteiger charge is -2.20.